The van der Waals surface area contributed by atoms with Crippen LogP contribution in [0, 0.1) is 11.3 Å². The molecular weight excluding hydrogens is 252 g/mol. The quantitative estimate of drug-likeness (QED) is 0.833. The maximum absolute atomic E-state index is 11.6. The number of hydrogen-bond donors (Lipinski definition) is 1. The first-order chi connectivity index (χ1) is 9.71. The molecule has 1 spiro atoms. The molecule has 4 aliphatic rings. The predicted molar refractivity (Wildman–Crippen MR) is 76.3 cm³/mol. The Balaban J connectivity index is 1.46. The fourth-order valence-electron chi connectivity index (χ4n) is 5.35. The molecule has 4 atom stereocenters. The molecular formula is C16H26N2O2. The molecule has 4 fully saturated rings. The van der Waals surface area contributed by atoms with Crippen LogP contribution in [0.1, 0.15) is 44.9 Å². The summed E-state index contributed by atoms with van der Waals surface area (Å²) in [7, 11) is 1.93. The summed E-state index contributed by atoms with van der Waals surface area (Å²) in [5.41, 5.74) is 0.432. The van der Waals surface area contributed by atoms with E-state index in [2.05, 4.69) is 5.32 Å². The second kappa shape index (κ2) is 4.70. The molecule has 0 radical (unpaired) electrons. The lowest BCUT2D eigenvalue weighted by Crippen LogP contribution is -2.69. The van der Waals surface area contributed by atoms with Gasteiger partial charge in [0.2, 0.25) is 5.91 Å². The Morgan fingerprint density at radius 3 is 2.85 bits per heavy atom. The van der Waals surface area contributed by atoms with Gasteiger partial charge in [0.25, 0.3) is 0 Å². The van der Waals surface area contributed by atoms with Gasteiger partial charge in [-0.25, -0.2) is 0 Å². The molecule has 0 aromatic carbocycles. The van der Waals surface area contributed by atoms with Crippen molar-refractivity contribution in [1.29, 1.82) is 0 Å². The van der Waals surface area contributed by atoms with Crippen molar-refractivity contribution >= 4 is 5.91 Å². The van der Waals surface area contributed by atoms with Crippen molar-refractivity contribution in [2.45, 2.75) is 63.1 Å². The zero-order chi connectivity index (χ0) is 13.7. The number of piperidine rings is 1. The van der Waals surface area contributed by atoms with E-state index in [0.717, 1.165) is 25.5 Å². The number of ether oxygens (including phenoxy) is 1. The highest BCUT2D eigenvalue weighted by Crippen LogP contribution is 2.60. The van der Waals surface area contributed by atoms with Gasteiger partial charge in [-0.1, -0.05) is 12.8 Å². The van der Waals surface area contributed by atoms with E-state index in [0.29, 0.717) is 35.9 Å². The fraction of sp³-hybridized carbons (Fsp3) is 0.938. The van der Waals surface area contributed by atoms with Crippen LogP contribution in [0.3, 0.4) is 0 Å². The average molecular weight is 278 g/mol. The number of likely N-dealkylation sites (N-methyl/N-ethyl adjacent to an activating group) is 1. The third-order valence-corrected chi connectivity index (χ3v) is 6.33. The van der Waals surface area contributed by atoms with E-state index in [9.17, 15) is 4.79 Å². The summed E-state index contributed by atoms with van der Waals surface area (Å²) in [5, 5.41) is 3.94. The second-order valence-electron chi connectivity index (χ2n) is 7.34. The maximum atomic E-state index is 11.6. The van der Waals surface area contributed by atoms with Crippen LogP contribution in [-0.4, -0.2) is 49.2 Å². The Kier molecular flexibility index (Phi) is 3.08. The van der Waals surface area contributed by atoms with Crippen LogP contribution in [0.15, 0.2) is 0 Å². The van der Waals surface area contributed by atoms with Crippen molar-refractivity contribution in [3.05, 3.63) is 0 Å². The zero-order valence-corrected chi connectivity index (χ0v) is 12.4. The number of carbonyl (C=O) groups is 1. The number of nitrogens with one attached hydrogen (secondary N) is 1. The molecule has 2 saturated heterocycles. The predicted octanol–water partition coefficient (Wildman–Crippen LogP) is 1.54. The normalized spacial score (nSPS) is 42.9. The molecule has 0 aromatic rings. The molecule has 2 aliphatic carbocycles. The summed E-state index contributed by atoms with van der Waals surface area (Å²) in [6.45, 7) is 1.84. The number of nitrogens with zero attached hydrogens (tertiary/aromatic N) is 1. The van der Waals surface area contributed by atoms with Crippen LogP contribution in [0.4, 0.5) is 0 Å². The first kappa shape index (κ1) is 13.1. The summed E-state index contributed by atoms with van der Waals surface area (Å²) in [6, 6.07) is 1.13. The number of rotatable bonds is 2. The lowest BCUT2D eigenvalue weighted by molar-refractivity contribution is -0.140. The Hall–Kier alpha value is -0.610. The van der Waals surface area contributed by atoms with Gasteiger partial charge in [-0.2, -0.15) is 0 Å². The minimum atomic E-state index is 0.300. The van der Waals surface area contributed by atoms with Gasteiger partial charge in [-0.15, -0.1) is 0 Å². The van der Waals surface area contributed by atoms with Crippen molar-refractivity contribution < 1.29 is 9.53 Å². The maximum Gasteiger partial charge on any atom is 0.222 e. The highest BCUT2D eigenvalue weighted by atomic mass is 16.5. The molecule has 4 rings (SSSR count). The van der Waals surface area contributed by atoms with Gasteiger partial charge >= 0.3 is 0 Å². The molecule has 0 bridgehead atoms. The van der Waals surface area contributed by atoms with E-state index < -0.39 is 0 Å². The lowest BCUT2D eigenvalue weighted by atomic mass is 9.54. The van der Waals surface area contributed by atoms with Crippen molar-refractivity contribution in [2.75, 3.05) is 20.2 Å². The molecule has 0 unspecified atom stereocenters. The summed E-state index contributed by atoms with van der Waals surface area (Å²) < 4.78 is 6.04. The SMILES string of the molecule is CN1C[C@H](N[C@@H]2[C@H]3CCO[C@H]3C23CCCC3)CCC1=O. The van der Waals surface area contributed by atoms with Crippen molar-refractivity contribution in [2.24, 2.45) is 11.3 Å². The number of amides is 1. The van der Waals surface area contributed by atoms with Crippen LogP contribution in [-0.2, 0) is 9.53 Å². The molecule has 2 heterocycles. The van der Waals surface area contributed by atoms with E-state index in [-0.39, 0.29) is 0 Å². The van der Waals surface area contributed by atoms with E-state index >= 15 is 0 Å². The number of hydrogen-bond acceptors (Lipinski definition) is 3. The Bertz CT molecular complexity index is 405. The largest absolute Gasteiger partial charge is 0.377 e. The van der Waals surface area contributed by atoms with Crippen LogP contribution >= 0.6 is 0 Å². The van der Waals surface area contributed by atoms with Gasteiger partial charge < -0.3 is 15.0 Å². The van der Waals surface area contributed by atoms with Gasteiger partial charge in [0.15, 0.2) is 0 Å². The van der Waals surface area contributed by atoms with Crippen molar-refractivity contribution in [3.8, 4) is 0 Å². The number of likely N-dealkylation sites (tertiary alicyclic amines) is 1. The van der Waals surface area contributed by atoms with Gasteiger partial charge in [-0.3, -0.25) is 4.79 Å². The van der Waals surface area contributed by atoms with Crippen LogP contribution < -0.4 is 5.32 Å². The molecule has 1 N–H and O–H groups in total. The summed E-state index contributed by atoms with van der Waals surface area (Å²) >= 11 is 0. The smallest absolute Gasteiger partial charge is 0.222 e. The van der Waals surface area contributed by atoms with Crippen molar-refractivity contribution in [1.82, 2.24) is 10.2 Å². The topological polar surface area (TPSA) is 41.6 Å². The first-order valence-corrected chi connectivity index (χ1v) is 8.32. The van der Waals surface area contributed by atoms with Gasteiger partial charge in [-0.05, 0) is 25.7 Å². The van der Waals surface area contributed by atoms with Crippen LogP contribution in [0.5, 0.6) is 0 Å². The average Bonchev–Trinajstić information content (AvgIpc) is 3.07. The lowest BCUT2D eigenvalue weighted by Gasteiger charge is -2.58. The minimum Gasteiger partial charge on any atom is -0.377 e. The Labute approximate surface area is 121 Å². The molecule has 4 nitrogen and oxygen atoms in total. The third kappa shape index (κ3) is 1.77. The van der Waals surface area contributed by atoms with Gasteiger partial charge in [0.05, 0.1) is 6.10 Å². The van der Waals surface area contributed by atoms with Gasteiger partial charge in [0, 0.05) is 50.0 Å². The van der Waals surface area contributed by atoms with Crippen LogP contribution in [0.2, 0.25) is 0 Å². The monoisotopic (exact) mass is 278 g/mol. The highest BCUT2D eigenvalue weighted by molar-refractivity contribution is 5.76. The first-order valence-electron chi connectivity index (χ1n) is 8.32. The molecule has 4 heteroatoms. The molecule has 2 saturated carbocycles. The molecule has 0 aromatic heterocycles. The molecule has 20 heavy (non-hydrogen) atoms. The number of fused-ring (bicyclic) bond motifs is 2. The van der Waals surface area contributed by atoms with Crippen molar-refractivity contribution in [3.63, 3.8) is 0 Å². The standard InChI is InChI=1S/C16H26N2O2/c1-18-10-11(4-5-13(18)19)17-14-12-6-9-20-15(12)16(14)7-2-3-8-16/h11-12,14-15,17H,2-10H2,1H3/t11-,12-,14-,15-/m1/s1. The summed E-state index contributed by atoms with van der Waals surface area (Å²) in [4.78, 5) is 13.5. The zero-order valence-electron chi connectivity index (χ0n) is 12.4. The summed E-state index contributed by atoms with van der Waals surface area (Å²) in [6.07, 6.45) is 8.89. The molecule has 112 valence electrons. The van der Waals surface area contributed by atoms with E-state index in [1.165, 1.54) is 32.1 Å². The minimum absolute atomic E-state index is 0.300. The Morgan fingerprint density at radius 1 is 1.30 bits per heavy atom. The molecule has 2 aliphatic heterocycles. The van der Waals surface area contributed by atoms with Crippen LogP contribution in [0.25, 0.3) is 0 Å². The fourth-order valence-corrected chi connectivity index (χ4v) is 5.35. The van der Waals surface area contributed by atoms with Gasteiger partial charge in [0.1, 0.15) is 0 Å². The third-order valence-electron chi connectivity index (χ3n) is 6.33. The van der Waals surface area contributed by atoms with E-state index in [4.69, 9.17) is 4.74 Å². The molecule has 1 amide bonds. The highest BCUT2D eigenvalue weighted by Gasteiger charge is 2.64. The van der Waals surface area contributed by atoms with E-state index in [1.807, 2.05) is 11.9 Å². The summed E-state index contributed by atoms with van der Waals surface area (Å²) in [5.74, 6) is 1.03. The number of carbonyl (C=O) groups excluding carboxylic acids is 1. The van der Waals surface area contributed by atoms with E-state index in [1.54, 1.807) is 0 Å². The second-order valence-corrected chi connectivity index (χ2v) is 7.34. The Morgan fingerprint density at radius 2 is 2.10 bits per heavy atom.